The highest BCUT2D eigenvalue weighted by Gasteiger charge is 2.48. The quantitative estimate of drug-likeness (QED) is 0.0789. The monoisotopic (exact) mass is 1370 g/mol. The SMILES string of the molecule is CC(C)(C)c1cccc(-c2ccc3c(c2)B2c4cc(-c5cc([Si](c6ccccc6)(c6ccccc6)c6cccc(-c7ccccc7)c6)cc([Si](c6ccccc6)(c6ccccc6)c6cccc(-c7ccccc7)c6)c5)ccc4Sc4cccc(c42)N3c2ccc(C(C)(C)C)cc2-c2ccccc2)c1. The molecule has 2 heterocycles. The molecule has 2 aliphatic rings. The average molecular weight is 1370 g/mol. The van der Waals surface area contributed by atoms with Crippen LogP contribution in [0, 0.1) is 0 Å². The lowest BCUT2D eigenvalue weighted by molar-refractivity contribution is 0.590. The van der Waals surface area contributed by atoms with Crippen LogP contribution < -0.4 is 62.8 Å². The largest absolute Gasteiger partial charge is 0.311 e. The lowest BCUT2D eigenvalue weighted by atomic mass is 9.34. The zero-order valence-electron chi connectivity index (χ0n) is 59.2. The van der Waals surface area contributed by atoms with Gasteiger partial charge in [0.05, 0.1) is 5.69 Å². The smallest absolute Gasteiger partial charge is 0.249 e. The molecule has 0 aromatic heterocycles. The molecule has 0 N–H and O–H groups in total. The fraction of sp³-hybridized carbons (Fsp3) is 0.0816. The van der Waals surface area contributed by atoms with E-state index < -0.39 is 16.1 Å². The summed E-state index contributed by atoms with van der Waals surface area (Å²) in [6, 6.07) is 145. The Hall–Kier alpha value is -11.1. The molecule has 0 amide bonds. The third-order valence-corrected chi connectivity index (χ3v) is 32.3. The van der Waals surface area contributed by atoms with E-state index in [2.05, 4.69) is 423 Å². The Balaban J connectivity index is 0.970. The molecule has 17 rings (SSSR count). The van der Waals surface area contributed by atoms with Gasteiger partial charge in [-0.15, -0.1) is 0 Å². The van der Waals surface area contributed by atoms with Crippen LogP contribution in [0.4, 0.5) is 17.1 Å². The van der Waals surface area contributed by atoms with Gasteiger partial charge in [0, 0.05) is 26.7 Å². The summed E-state index contributed by atoms with van der Waals surface area (Å²) >= 11 is 1.92. The van der Waals surface area contributed by atoms with Gasteiger partial charge in [-0.1, -0.05) is 398 Å². The van der Waals surface area contributed by atoms with E-state index >= 15 is 0 Å². The molecule has 0 bridgehead atoms. The summed E-state index contributed by atoms with van der Waals surface area (Å²) in [4.78, 5) is 5.17. The Kier molecular flexibility index (Phi) is 16.9. The van der Waals surface area contributed by atoms with E-state index in [1.54, 1.807) is 0 Å². The first-order chi connectivity index (χ1) is 50.3. The van der Waals surface area contributed by atoms with Crippen molar-refractivity contribution in [1.82, 2.24) is 0 Å². The van der Waals surface area contributed by atoms with Crippen molar-refractivity contribution in [3.63, 3.8) is 0 Å². The predicted octanol–water partition coefficient (Wildman–Crippen LogP) is 18.1. The molecule has 15 aromatic carbocycles. The highest BCUT2D eigenvalue weighted by Crippen LogP contribution is 2.47. The van der Waals surface area contributed by atoms with Crippen molar-refractivity contribution in [2.45, 2.75) is 62.2 Å². The Morgan fingerprint density at radius 3 is 1.13 bits per heavy atom. The maximum atomic E-state index is 2.71. The highest BCUT2D eigenvalue weighted by atomic mass is 32.2. The van der Waals surface area contributed by atoms with Gasteiger partial charge in [-0.3, -0.25) is 0 Å². The predicted molar refractivity (Wildman–Crippen MR) is 448 cm³/mol. The summed E-state index contributed by atoms with van der Waals surface area (Å²) in [5.41, 5.74) is 22.1. The molecule has 0 atom stereocenters. The van der Waals surface area contributed by atoms with Crippen LogP contribution in [0.15, 0.2) is 386 Å². The van der Waals surface area contributed by atoms with Crippen molar-refractivity contribution in [3.8, 4) is 55.6 Å². The zero-order valence-corrected chi connectivity index (χ0v) is 62.0. The molecule has 0 saturated heterocycles. The van der Waals surface area contributed by atoms with Gasteiger partial charge in [0.1, 0.15) is 0 Å². The Morgan fingerprint density at radius 2 is 0.621 bits per heavy atom. The fourth-order valence-corrected chi connectivity index (χ4v) is 27.6. The summed E-state index contributed by atoms with van der Waals surface area (Å²) in [5, 5.41) is 10.6. The summed E-state index contributed by atoms with van der Waals surface area (Å²) in [6.45, 7) is 13.8. The molecule has 494 valence electrons. The number of hydrogen-bond acceptors (Lipinski definition) is 2. The third kappa shape index (κ3) is 11.7. The van der Waals surface area contributed by atoms with E-state index in [-0.39, 0.29) is 17.5 Å². The first-order valence-electron chi connectivity index (χ1n) is 36.2. The standard InChI is InChI=1S/C98H80BNSSi2/c1-97(2,3)78-41-28-38-72(60-78)75-54-57-92-89(65-75)99-90-66-76(55-59-94(90)101-95-53-31-52-93(96(95)99)100(92)91-58-56-79(98(4,5)6)67-88(91)71-36-18-9-19-37-71)77-63-86(102(80-42-20-10-21-43-80,81-44-22-11-23-45-81)84-50-29-39-73(61-84)69-32-14-7-15-33-69)68-87(64-77)103(82-46-24-12-25-47-82,83-48-26-13-27-49-83)85-51-30-40-74(62-85)70-34-16-8-17-35-70/h7-68H,1-6H3. The van der Waals surface area contributed by atoms with Crippen LogP contribution in [0.1, 0.15) is 52.7 Å². The normalized spacial score (nSPS) is 12.7. The number of fused-ring (bicyclic) bond motifs is 4. The van der Waals surface area contributed by atoms with Crippen molar-refractivity contribution in [2.75, 3.05) is 4.90 Å². The highest BCUT2D eigenvalue weighted by molar-refractivity contribution is 8.00. The van der Waals surface area contributed by atoms with Crippen LogP contribution in [0.2, 0.25) is 0 Å². The first kappa shape index (κ1) is 65.3. The van der Waals surface area contributed by atoms with Crippen molar-refractivity contribution in [2.24, 2.45) is 0 Å². The fourth-order valence-electron chi connectivity index (χ4n) is 16.6. The second-order valence-corrected chi connectivity index (χ2v) is 38.6. The van der Waals surface area contributed by atoms with Crippen molar-refractivity contribution in [3.05, 3.63) is 387 Å². The topological polar surface area (TPSA) is 3.24 Å². The number of benzene rings is 15. The Morgan fingerprint density at radius 1 is 0.243 bits per heavy atom. The number of anilines is 3. The molecular formula is C98H80BNSSi2. The van der Waals surface area contributed by atoms with Crippen LogP contribution in [0.3, 0.4) is 0 Å². The molecule has 2 aliphatic heterocycles. The minimum Gasteiger partial charge on any atom is -0.311 e. The van der Waals surface area contributed by atoms with Gasteiger partial charge in [0.25, 0.3) is 0 Å². The summed E-state index contributed by atoms with van der Waals surface area (Å²) in [7, 11) is -6.75. The molecule has 0 spiro atoms. The molecule has 0 aliphatic carbocycles. The van der Waals surface area contributed by atoms with E-state index in [0.717, 1.165) is 0 Å². The van der Waals surface area contributed by atoms with Crippen LogP contribution >= 0.6 is 11.8 Å². The second-order valence-electron chi connectivity index (χ2n) is 29.9. The van der Waals surface area contributed by atoms with E-state index in [0.29, 0.717) is 0 Å². The lowest BCUT2D eigenvalue weighted by Crippen LogP contribution is -2.78. The van der Waals surface area contributed by atoms with Crippen molar-refractivity contribution in [1.29, 1.82) is 0 Å². The maximum Gasteiger partial charge on any atom is 0.249 e. The van der Waals surface area contributed by atoms with Crippen LogP contribution in [-0.2, 0) is 10.8 Å². The minimum atomic E-state index is -3.37. The van der Waals surface area contributed by atoms with Crippen molar-refractivity contribution < 1.29 is 0 Å². The molecule has 5 heteroatoms. The second kappa shape index (κ2) is 26.7. The van der Waals surface area contributed by atoms with E-state index in [9.17, 15) is 0 Å². The first-order valence-corrected chi connectivity index (χ1v) is 41.0. The maximum absolute atomic E-state index is 3.37. The minimum absolute atomic E-state index is 0.0257. The van der Waals surface area contributed by atoms with Crippen molar-refractivity contribution >= 4 is 110 Å². The molecule has 0 saturated carbocycles. The van der Waals surface area contributed by atoms with Gasteiger partial charge in [-0.25, -0.2) is 0 Å². The molecule has 15 aromatic rings. The third-order valence-electron chi connectivity index (χ3n) is 21.7. The number of rotatable bonds is 14. The van der Waals surface area contributed by atoms with Gasteiger partial charge in [-0.05, 0) is 161 Å². The molecule has 1 nitrogen and oxygen atoms in total. The molecular weight excluding hydrogens is 1290 g/mol. The van der Waals surface area contributed by atoms with E-state index in [1.165, 1.54) is 151 Å². The van der Waals surface area contributed by atoms with E-state index in [4.69, 9.17) is 0 Å². The Bertz CT molecular complexity index is 5350. The van der Waals surface area contributed by atoms with Crippen LogP contribution in [-0.4, -0.2) is 22.9 Å². The molecule has 103 heavy (non-hydrogen) atoms. The van der Waals surface area contributed by atoms with E-state index in [1.807, 2.05) is 11.8 Å². The van der Waals surface area contributed by atoms with Crippen LogP contribution in [0.25, 0.3) is 55.6 Å². The van der Waals surface area contributed by atoms with Gasteiger partial charge in [0.2, 0.25) is 6.71 Å². The zero-order chi connectivity index (χ0) is 69.9. The van der Waals surface area contributed by atoms with Gasteiger partial charge >= 0.3 is 0 Å². The lowest BCUT2D eigenvalue weighted by Gasteiger charge is -2.41. The summed E-state index contributed by atoms with van der Waals surface area (Å²) < 4.78 is 0. The molecule has 0 unspecified atom stereocenters. The van der Waals surface area contributed by atoms with Gasteiger partial charge < -0.3 is 4.90 Å². The molecule has 0 radical (unpaired) electrons. The number of nitrogens with zero attached hydrogens (tertiary/aromatic N) is 1. The number of hydrogen-bond donors (Lipinski definition) is 0. The van der Waals surface area contributed by atoms with Gasteiger partial charge in [0.15, 0.2) is 16.1 Å². The average Bonchev–Trinajstić information content (AvgIpc) is 0.712. The summed E-state index contributed by atoms with van der Waals surface area (Å²) in [6.07, 6.45) is 0. The molecule has 0 fully saturated rings. The van der Waals surface area contributed by atoms with Crippen LogP contribution in [0.5, 0.6) is 0 Å². The van der Waals surface area contributed by atoms with Gasteiger partial charge in [-0.2, -0.15) is 0 Å². The summed E-state index contributed by atoms with van der Waals surface area (Å²) in [5.74, 6) is 0. The Labute approximate surface area is 615 Å².